The highest BCUT2D eigenvalue weighted by atomic mass is 32.1. The molecular weight excluding hydrogens is 314 g/mol. The Morgan fingerprint density at radius 1 is 1.17 bits per heavy atom. The number of nitrogens with zero attached hydrogens (tertiary/aromatic N) is 1. The molecule has 0 N–H and O–H groups in total. The topological polar surface area (TPSA) is 30.0 Å². The van der Waals surface area contributed by atoms with Gasteiger partial charge in [-0.15, -0.1) is 11.3 Å². The maximum absolute atomic E-state index is 13.3. The van der Waals surface area contributed by atoms with Crippen molar-refractivity contribution in [3.8, 4) is 0 Å². The zero-order valence-electron chi connectivity index (χ0n) is 14.6. The van der Waals surface area contributed by atoms with Crippen LogP contribution in [0.4, 0.5) is 0 Å². The van der Waals surface area contributed by atoms with E-state index in [0.717, 1.165) is 24.8 Å². The van der Waals surface area contributed by atoms with Crippen LogP contribution in [0.25, 0.3) is 0 Å². The average molecular weight is 337 g/mol. The maximum Gasteiger partial charge on any atom is 0.160 e. The van der Waals surface area contributed by atoms with E-state index < -0.39 is 0 Å². The monoisotopic (exact) mass is 337 g/mol. The number of benzene rings is 1. The summed E-state index contributed by atoms with van der Waals surface area (Å²) in [5, 5.41) is 0. The van der Waals surface area contributed by atoms with E-state index in [-0.39, 0.29) is 10.8 Å². The summed E-state index contributed by atoms with van der Waals surface area (Å²) in [6, 6.07) is 10.6. The lowest BCUT2D eigenvalue weighted by Gasteiger charge is -2.44. The number of rotatable bonds is 2. The lowest BCUT2D eigenvalue weighted by atomic mass is 9.59. The molecule has 2 aliphatic carbocycles. The van der Waals surface area contributed by atoms with Gasteiger partial charge in [0.1, 0.15) is 0 Å². The van der Waals surface area contributed by atoms with E-state index in [2.05, 4.69) is 50.0 Å². The van der Waals surface area contributed by atoms with Gasteiger partial charge in [-0.3, -0.25) is 4.79 Å². The van der Waals surface area contributed by atoms with Crippen molar-refractivity contribution < 1.29 is 4.79 Å². The summed E-state index contributed by atoms with van der Waals surface area (Å²) in [5.74, 6) is 0.339. The Morgan fingerprint density at radius 2 is 1.92 bits per heavy atom. The second-order valence-electron chi connectivity index (χ2n) is 7.85. The molecule has 0 aliphatic heterocycles. The minimum atomic E-state index is -0.307. The average Bonchev–Trinajstić information content (AvgIpc) is 3.01. The molecule has 4 rings (SSSR count). The fourth-order valence-corrected chi connectivity index (χ4v) is 5.85. The number of allylic oxidation sites excluding steroid dienone is 2. The predicted octanol–water partition coefficient (Wildman–Crippen LogP) is 5.08. The molecule has 2 nitrogen and oxygen atoms in total. The molecule has 0 spiro atoms. The fourth-order valence-electron chi connectivity index (χ4n) is 4.74. The first-order valence-corrected chi connectivity index (χ1v) is 9.60. The molecule has 0 fully saturated rings. The summed E-state index contributed by atoms with van der Waals surface area (Å²) in [6.07, 6.45) is 3.39. The molecule has 0 bridgehead atoms. The smallest absolute Gasteiger partial charge is 0.160 e. The molecule has 2 aromatic rings. The van der Waals surface area contributed by atoms with Crippen LogP contribution in [0.3, 0.4) is 0 Å². The van der Waals surface area contributed by atoms with Crippen molar-refractivity contribution in [2.75, 3.05) is 0 Å². The number of ketones is 1. The van der Waals surface area contributed by atoms with Gasteiger partial charge in [0.15, 0.2) is 5.78 Å². The van der Waals surface area contributed by atoms with Gasteiger partial charge in [-0.2, -0.15) is 0 Å². The third kappa shape index (κ3) is 2.14. The number of aromatic nitrogens is 1. The van der Waals surface area contributed by atoms with Crippen LogP contribution in [-0.2, 0) is 16.6 Å². The Bertz CT molecular complexity index is 831. The molecule has 0 radical (unpaired) electrons. The summed E-state index contributed by atoms with van der Waals surface area (Å²) in [7, 11) is 0. The Balaban J connectivity index is 2.03. The van der Waals surface area contributed by atoms with Crippen molar-refractivity contribution in [3.05, 3.63) is 63.1 Å². The molecule has 3 heteroatoms. The first-order chi connectivity index (χ1) is 11.5. The minimum absolute atomic E-state index is 0.0552. The van der Waals surface area contributed by atoms with E-state index >= 15 is 0 Å². The maximum atomic E-state index is 13.3. The van der Waals surface area contributed by atoms with Gasteiger partial charge in [-0.1, -0.05) is 56.7 Å². The number of hydrogen-bond donors (Lipinski definition) is 0. The van der Waals surface area contributed by atoms with Crippen molar-refractivity contribution >= 4 is 17.1 Å². The number of fused-ring (bicyclic) bond motifs is 1. The number of carbonyl (C=O) groups excluding carboxylic acids is 1. The van der Waals surface area contributed by atoms with Crippen LogP contribution in [-0.4, -0.2) is 10.8 Å². The van der Waals surface area contributed by atoms with Crippen LogP contribution >= 0.6 is 11.3 Å². The van der Waals surface area contributed by atoms with Gasteiger partial charge in [-0.25, -0.2) is 4.98 Å². The molecule has 0 saturated heterocycles. The second kappa shape index (κ2) is 5.38. The van der Waals surface area contributed by atoms with Crippen molar-refractivity contribution in [2.45, 2.75) is 51.9 Å². The van der Waals surface area contributed by atoms with Crippen molar-refractivity contribution in [1.82, 2.24) is 4.98 Å². The highest BCUT2D eigenvalue weighted by molar-refractivity contribution is 7.10. The van der Waals surface area contributed by atoms with Gasteiger partial charge in [-0.05, 0) is 23.8 Å². The predicted molar refractivity (Wildman–Crippen MR) is 98.4 cm³/mol. The molecular formula is C21H23NOS. The molecule has 1 atom stereocenters. The van der Waals surface area contributed by atoms with E-state index in [1.165, 1.54) is 21.7 Å². The SMILES string of the molecule is CCC1(c2ccccc2)C2=C(Cc3ncsc31)CC(C)(C)CC2=O. The van der Waals surface area contributed by atoms with E-state index in [4.69, 9.17) is 0 Å². The lowest BCUT2D eigenvalue weighted by molar-refractivity contribution is -0.118. The molecule has 1 aromatic carbocycles. The third-order valence-corrected chi connectivity index (χ3v) is 6.63. The Morgan fingerprint density at radius 3 is 2.62 bits per heavy atom. The van der Waals surface area contributed by atoms with E-state index in [1.54, 1.807) is 11.3 Å². The van der Waals surface area contributed by atoms with Gasteiger partial charge >= 0.3 is 0 Å². The largest absolute Gasteiger partial charge is 0.294 e. The van der Waals surface area contributed by atoms with E-state index in [0.29, 0.717) is 12.2 Å². The van der Waals surface area contributed by atoms with Gasteiger partial charge in [0.25, 0.3) is 0 Å². The number of Topliss-reactive ketones (excluding diaryl/α,β-unsaturated/α-hetero) is 1. The molecule has 124 valence electrons. The van der Waals surface area contributed by atoms with Crippen molar-refractivity contribution in [1.29, 1.82) is 0 Å². The standard InChI is InChI=1S/C21H23NOS/c1-4-21(15-8-6-5-7-9-15)18-14(10-16-19(21)24-13-22-16)11-20(2,3)12-17(18)23/h5-9,13H,4,10-12H2,1-3H3. The Kier molecular flexibility index (Phi) is 3.54. The zero-order valence-corrected chi connectivity index (χ0v) is 15.4. The molecule has 1 heterocycles. The van der Waals surface area contributed by atoms with Crippen LogP contribution in [0.15, 0.2) is 47.0 Å². The lowest BCUT2D eigenvalue weighted by Crippen LogP contribution is -2.41. The van der Waals surface area contributed by atoms with Crippen LogP contribution in [0.2, 0.25) is 0 Å². The first kappa shape index (κ1) is 15.8. The van der Waals surface area contributed by atoms with Gasteiger partial charge < -0.3 is 0 Å². The number of thiazole rings is 1. The molecule has 1 unspecified atom stereocenters. The highest BCUT2D eigenvalue weighted by Gasteiger charge is 2.49. The van der Waals surface area contributed by atoms with Crippen molar-refractivity contribution in [3.63, 3.8) is 0 Å². The summed E-state index contributed by atoms with van der Waals surface area (Å²) in [6.45, 7) is 6.63. The fraction of sp³-hybridized carbons (Fsp3) is 0.429. The molecule has 0 amide bonds. The molecule has 0 saturated carbocycles. The summed E-state index contributed by atoms with van der Waals surface area (Å²) in [5.41, 5.74) is 6.51. The van der Waals surface area contributed by atoms with Crippen molar-refractivity contribution in [2.24, 2.45) is 5.41 Å². The molecule has 1 aromatic heterocycles. The molecule has 24 heavy (non-hydrogen) atoms. The Hall–Kier alpha value is -1.74. The highest BCUT2D eigenvalue weighted by Crippen LogP contribution is 2.54. The normalized spacial score (nSPS) is 25.4. The summed E-state index contributed by atoms with van der Waals surface area (Å²) < 4.78 is 0. The van der Waals surface area contributed by atoms with E-state index in [9.17, 15) is 4.79 Å². The van der Waals surface area contributed by atoms with Gasteiger partial charge in [0.05, 0.1) is 16.6 Å². The van der Waals surface area contributed by atoms with Gasteiger partial charge in [0, 0.05) is 23.3 Å². The summed E-state index contributed by atoms with van der Waals surface area (Å²) >= 11 is 1.71. The zero-order chi connectivity index (χ0) is 16.9. The summed E-state index contributed by atoms with van der Waals surface area (Å²) in [4.78, 5) is 19.2. The first-order valence-electron chi connectivity index (χ1n) is 8.72. The quantitative estimate of drug-likeness (QED) is 0.765. The van der Waals surface area contributed by atoms with Crippen LogP contribution in [0.5, 0.6) is 0 Å². The number of hydrogen-bond acceptors (Lipinski definition) is 3. The minimum Gasteiger partial charge on any atom is -0.294 e. The number of carbonyl (C=O) groups is 1. The van der Waals surface area contributed by atoms with Crippen LogP contribution < -0.4 is 0 Å². The van der Waals surface area contributed by atoms with E-state index in [1.807, 2.05) is 11.6 Å². The third-order valence-electron chi connectivity index (χ3n) is 5.60. The van der Waals surface area contributed by atoms with Crippen LogP contribution in [0, 0.1) is 5.41 Å². The van der Waals surface area contributed by atoms with Gasteiger partial charge in [0.2, 0.25) is 0 Å². The Labute approximate surface area is 147 Å². The second-order valence-corrected chi connectivity index (χ2v) is 8.70. The molecule has 2 aliphatic rings. The van der Waals surface area contributed by atoms with Crippen LogP contribution in [0.1, 0.15) is 56.2 Å².